The molecule has 0 radical (unpaired) electrons. The van der Waals surface area contributed by atoms with Gasteiger partial charge in [-0.05, 0) is 65.4 Å². The third-order valence-corrected chi connectivity index (χ3v) is 9.08. The molecule has 7 nitrogen and oxygen atoms in total. The van der Waals surface area contributed by atoms with E-state index in [1.807, 2.05) is 17.5 Å². The largest absolute Gasteiger partial charge is 0.482 e. The minimum atomic E-state index is -4.12. The highest BCUT2D eigenvalue weighted by atomic mass is 35.5. The molecule has 0 aliphatic carbocycles. The van der Waals surface area contributed by atoms with E-state index in [1.54, 1.807) is 23.6 Å². The van der Waals surface area contributed by atoms with Gasteiger partial charge in [0.1, 0.15) is 16.7 Å². The highest BCUT2D eigenvalue weighted by Crippen LogP contribution is 2.46. The zero-order valence-corrected chi connectivity index (χ0v) is 21.4. The zero-order valence-electron chi connectivity index (χ0n) is 18.2. The summed E-state index contributed by atoms with van der Waals surface area (Å²) in [4.78, 5) is 12.2. The Balaban J connectivity index is 1.91. The van der Waals surface area contributed by atoms with Crippen LogP contribution < -0.4 is 4.74 Å². The number of thiophene rings is 2. The lowest BCUT2D eigenvalue weighted by molar-refractivity contribution is -0.139. The van der Waals surface area contributed by atoms with E-state index in [0.29, 0.717) is 42.5 Å². The van der Waals surface area contributed by atoms with Gasteiger partial charge < -0.3 is 9.84 Å². The first-order valence-electron chi connectivity index (χ1n) is 10.4. The maximum Gasteiger partial charge on any atom is 0.341 e. The average Bonchev–Trinajstić information content (AvgIpc) is 3.60. The van der Waals surface area contributed by atoms with Crippen molar-refractivity contribution in [2.24, 2.45) is 0 Å². The van der Waals surface area contributed by atoms with Crippen LogP contribution in [0, 0.1) is 11.3 Å². The predicted molar refractivity (Wildman–Crippen MR) is 140 cm³/mol. The third kappa shape index (κ3) is 4.16. The molecule has 0 spiro atoms. The minimum absolute atomic E-state index is 0.0465. The van der Waals surface area contributed by atoms with E-state index in [-0.39, 0.29) is 10.6 Å². The second-order valence-corrected chi connectivity index (χ2v) is 11.6. The van der Waals surface area contributed by atoms with Crippen LogP contribution >= 0.6 is 34.3 Å². The predicted octanol–water partition coefficient (Wildman–Crippen LogP) is 6.32. The smallest absolute Gasteiger partial charge is 0.341 e. The van der Waals surface area contributed by atoms with Gasteiger partial charge in [0.15, 0.2) is 6.61 Å². The zero-order chi connectivity index (χ0) is 25.4. The van der Waals surface area contributed by atoms with Gasteiger partial charge in [-0.25, -0.2) is 17.2 Å². The molecule has 3 aromatic heterocycles. The summed E-state index contributed by atoms with van der Waals surface area (Å²) in [5, 5.41) is 23.3. The molecule has 1 N–H and O–H groups in total. The Bertz CT molecular complexity index is 1750. The molecule has 180 valence electrons. The molecule has 2 aromatic carbocycles. The number of carboxylic acids is 1. The van der Waals surface area contributed by atoms with Gasteiger partial charge in [-0.1, -0.05) is 17.7 Å². The maximum absolute atomic E-state index is 14.1. The molecule has 0 atom stereocenters. The first-order chi connectivity index (χ1) is 17.3. The molecule has 5 rings (SSSR count). The van der Waals surface area contributed by atoms with E-state index in [2.05, 4.69) is 6.07 Å². The summed E-state index contributed by atoms with van der Waals surface area (Å²) in [5.74, 6) is -0.874. The Kier molecular flexibility index (Phi) is 6.32. The highest BCUT2D eigenvalue weighted by molar-refractivity contribution is 7.90. The first-order valence-corrected chi connectivity index (χ1v) is 13.9. The fraction of sp³-hybridized carbons (Fsp3) is 0.0400. The molecule has 0 saturated heterocycles. The molecule has 0 fully saturated rings. The lowest BCUT2D eigenvalue weighted by Crippen LogP contribution is -2.14. The number of rotatable bonds is 7. The Morgan fingerprint density at radius 3 is 2.53 bits per heavy atom. The van der Waals surface area contributed by atoms with Crippen molar-refractivity contribution in [3.8, 4) is 33.5 Å². The minimum Gasteiger partial charge on any atom is -0.482 e. The van der Waals surface area contributed by atoms with Crippen molar-refractivity contribution in [2.75, 3.05) is 6.61 Å². The number of hydrogen-bond acceptors (Lipinski definition) is 7. The summed E-state index contributed by atoms with van der Waals surface area (Å²) in [6.07, 6.45) is 0. The molecular formula is C25H15ClN2O5S3. The number of halogens is 1. The number of aliphatic carboxylic acids is 1. The van der Waals surface area contributed by atoms with Gasteiger partial charge in [0.05, 0.1) is 21.0 Å². The van der Waals surface area contributed by atoms with E-state index in [4.69, 9.17) is 21.4 Å². The fourth-order valence-electron chi connectivity index (χ4n) is 3.94. The molecular weight excluding hydrogens is 540 g/mol. The number of nitriles is 1. The van der Waals surface area contributed by atoms with Crippen LogP contribution in [0.5, 0.6) is 5.75 Å². The summed E-state index contributed by atoms with van der Waals surface area (Å²) in [5.41, 5.74) is 1.89. The van der Waals surface area contributed by atoms with Crippen molar-refractivity contribution in [1.82, 2.24) is 3.97 Å². The van der Waals surface area contributed by atoms with Gasteiger partial charge in [0.2, 0.25) is 0 Å². The Hall–Kier alpha value is -3.62. The van der Waals surface area contributed by atoms with Crippen LogP contribution in [0.2, 0.25) is 5.02 Å². The van der Waals surface area contributed by atoms with Crippen LogP contribution in [0.15, 0.2) is 76.3 Å². The van der Waals surface area contributed by atoms with Crippen LogP contribution in [-0.2, 0) is 14.8 Å². The van der Waals surface area contributed by atoms with Gasteiger partial charge in [-0.2, -0.15) is 5.26 Å². The second kappa shape index (κ2) is 9.44. The lowest BCUT2D eigenvalue weighted by Gasteiger charge is -2.12. The molecule has 0 aliphatic rings. The average molecular weight is 555 g/mol. The number of aromatic nitrogens is 1. The monoisotopic (exact) mass is 554 g/mol. The molecule has 0 aliphatic heterocycles. The van der Waals surface area contributed by atoms with Crippen molar-refractivity contribution in [1.29, 1.82) is 5.26 Å². The van der Waals surface area contributed by atoms with E-state index in [0.717, 1.165) is 0 Å². The molecule has 3 heterocycles. The van der Waals surface area contributed by atoms with Crippen molar-refractivity contribution in [2.45, 2.75) is 4.90 Å². The summed E-state index contributed by atoms with van der Waals surface area (Å²) >= 11 is 8.62. The van der Waals surface area contributed by atoms with Gasteiger partial charge >= 0.3 is 5.97 Å². The third-order valence-electron chi connectivity index (χ3n) is 5.40. The first kappa shape index (κ1) is 24.1. The molecule has 0 amide bonds. The van der Waals surface area contributed by atoms with E-state index in [9.17, 15) is 18.5 Å². The van der Waals surface area contributed by atoms with Crippen LogP contribution in [0.25, 0.3) is 32.6 Å². The SMILES string of the molecule is N#Cc1sccc1-c1c(-c2cccs2)n(S(=O)(=O)c2ccc(Cl)cc2)c2ccc(OCC(=O)O)cc12. The number of carboxylic acid groups (broad SMARTS) is 1. The molecule has 36 heavy (non-hydrogen) atoms. The Morgan fingerprint density at radius 2 is 1.86 bits per heavy atom. The summed E-state index contributed by atoms with van der Waals surface area (Å²) < 4.78 is 34.8. The standard InChI is InChI=1S/C25H15ClN2O5S3/c26-15-3-6-17(7-4-15)36(31,32)28-20-8-5-16(33-14-23(29)30)12-19(20)24(18-9-11-35-22(18)13-27)25(28)21-2-1-10-34-21/h1-12H,14H2,(H,29,30). The lowest BCUT2D eigenvalue weighted by atomic mass is 10.0. The topological polar surface area (TPSA) is 109 Å². The van der Waals surface area contributed by atoms with Gasteiger partial charge in [-0.15, -0.1) is 22.7 Å². The molecule has 5 aromatic rings. The molecule has 0 unspecified atom stereocenters. The van der Waals surface area contributed by atoms with E-state index >= 15 is 0 Å². The van der Waals surface area contributed by atoms with Crippen LogP contribution in [0.3, 0.4) is 0 Å². The molecule has 11 heteroatoms. The number of carbonyl (C=O) groups is 1. The van der Waals surface area contributed by atoms with Gasteiger partial charge in [-0.3, -0.25) is 0 Å². The maximum atomic E-state index is 14.1. The highest BCUT2D eigenvalue weighted by Gasteiger charge is 2.30. The van der Waals surface area contributed by atoms with E-state index < -0.39 is 22.6 Å². The molecule has 0 bridgehead atoms. The number of fused-ring (bicyclic) bond motifs is 1. The van der Waals surface area contributed by atoms with E-state index in [1.165, 1.54) is 57.0 Å². The number of ether oxygens (including phenoxy) is 1. The van der Waals surface area contributed by atoms with Crippen LogP contribution in [0.4, 0.5) is 0 Å². The quantitative estimate of drug-likeness (QED) is 0.252. The number of benzene rings is 2. The van der Waals surface area contributed by atoms with Crippen LogP contribution in [-0.4, -0.2) is 30.1 Å². The fourth-order valence-corrected chi connectivity index (χ4v) is 7.12. The van der Waals surface area contributed by atoms with Crippen molar-refractivity contribution < 1.29 is 23.1 Å². The summed E-state index contributed by atoms with van der Waals surface area (Å²) in [6, 6.07) is 18.2. The Labute approximate surface area is 219 Å². The van der Waals surface area contributed by atoms with Gasteiger partial charge in [0.25, 0.3) is 10.0 Å². The van der Waals surface area contributed by atoms with Crippen molar-refractivity contribution in [3.63, 3.8) is 0 Å². The van der Waals surface area contributed by atoms with Crippen molar-refractivity contribution in [3.05, 3.63) is 81.3 Å². The summed E-state index contributed by atoms with van der Waals surface area (Å²) in [7, 11) is -4.12. The summed E-state index contributed by atoms with van der Waals surface area (Å²) in [6.45, 7) is -0.551. The van der Waals surface area contributed by atoms with Crippen LogP contribution in [0.1, 0.15) is 4.88 Å². The van der Waals surface area contributed by atoms with Gasteiger partial charge in [0, 0.05) is 21.5 Å². The van der Waals surface area contributed by atoms with Crippen molar-refractivity contribution >= 4 is 61.2 Å². The Morgan fingerprint density at radius 1 is 1.08 bits per heavy atom. The number of nitrogens with zero attached hydrogens (tertiary/aromatic N) is 2. The molecule has 0 saturated carbocycles. The second-order valence-electron chi connectivity index (χ2n) is 7.56. The normalized spacial score (nSPS) is 11.4. The number of hydrogen-bond donors (Lipinski definition) is 1.